The molecule has 0 aliphatic heterocycles. The molecule has 0 fully saturated rings. The lowest BCUT2D eigenvalue weighted by molar-refractivity contribution is -0.136. The Bertz CT molecular complexity index is 660. The fourth-order valence-corrected chi connectivity index (χ4v) is 4.02. The molecule has 1 aliphatic rings. The zero-order valence-electron chi connectivity index (χ0n) is 18.3. The highest BCUT2D eigenvalue weighted by Gasteiger charge is 2.27. The smallest absolute Gasteiger partial charge is 0.251 e. The first-order chi connectivity index (χ1) is 14.1. The Labute approximate surface area is 176 Å². The number of carbonyl (C=O) groups excluding carboxylic acids is 2. The molecule has 1 aromatic carbocycles. The molecule has 5 heteroatoms. The van der Waals surface area contributed by atoms with E-state index in [1.807, 2.05) is 18.2 Å². The number of unbranched alkanes of at least 4 members (excludes halogenated alkanes) is 6. The molecule has 2 amide bonds. The number of benzene rings is 1. The van der Waals surface area contributed by atoms with Crippen molar-refractivity contribution < 1.29 is 9.59 Å². The predicted molar refractivity (Wildman–Crippen MR) is 118 cm³/mol. The van der Waals surface area contributed by atoms with Crippen LogP contribution in [0.3, 0.4) is 0 Å². The summed E-state index contributed by atoms with van der Waals surface area (Å²) >= 11 is 0. The summed E-state index contributed by atoms with van der Waals surface area (Å²) in [5.74, 6) is 6.04. The second kappa shape index (κ2) is 12.6. The molecule has 3 N–H and O–H groups in total. The Kier molecular flexibility index (Phi) is 10.2. The molecule has 2 rings (SSSR count). The van der Waals surface area contributed by atoms with Gasteiger partial charge in [0.05, 0.1) is 0 Å². The van der Waals surface area contributed by atoms with E-state index in [-0.39, 0.29) is 17.7 Å². The first kappa shape index (κ1) is 23.4. The topological polar surface area (TPSA) is 75.4 Å². The van der Waals surface area contributed by atoms with Gasteiger partial charge in [-0.15, -0.1) is 0 Å². The van der Waals surface area contributed by atoms with Crippen LogP contribution in [0.25, 0.3) is 0 Å². The molecule has 0 saturated carbocycles. The first-order valence-electron chi connectivity index (χ1n) is 11.5. The maximum Gasteiger partial charge on any atom is 0.251 e. The Morgan fingerprint density at radius 2 is 1.76 bits per heavy atom. The van der Waals surface area contributed by atoms with Crippen molar-refractivity contribution in [1.29, 1.82) is 0 Å². The number of carbonyl (C=O) groups is 2. The van der Waals surface area contributed by atoms with E-state index in [2.05, 4.69) is 19.2 Å². The van der Waals surface area contributed by atoms with Crippen molar-refractivity contribution >= 4 is 11.8 Å². The zero-order valence-corrected chi connectivity index (χ0v) is 18.3. The zero-order chi connectivity index (χ0) is 21.1. The van der Waals surface area contributed by atoms with Crippen LogP contribution >= 0.6 is 0 Å². The van der Waals surface area contributed by atoms with Crippen LogP contribution in [-0.2, 0) is 17.6 Å². The number of hydrazine groups is 1. The van der Waals surface area contributed by atoms with Gasteiger partial charge in [0, 0.05) is 24.6 Å². The number of fused-ring (bicyclic) bond motifs is 1. The molecule has 29 heavy (non-hydrogen) atoms. The average Bonchev–Trinajstić information content (AvgIpc) is 2.75. The number of nitrogens with one attached hydrogen (secondary N) is 1. The fourth-order valence-electron chi connectivity index (χ4n) is 4.02. The molecule has 1 aromatic rings. The molecular formula is C24H39N3O2. The number of aryl methyl sites for hydroxylation is 1. The molecule has 1 unspecified atom stereocenters. The predicted octanol–water partition coefficient (Wildman–Crippen LogP) is 4.38. The number of nitrogens with two attached hydrogens (primary N) is 1. The van der Waals surface area contributed by atoms with Crippen molar-refractivity contribution in [3.05, 3.63) is 34.9 Å². The number of nitrogens with zero attached hydrogens (tertiary/aromatic N) is 1. The highest BCUT2D eigenvalue weighted by Crippen LogP contribution is 2.27. The second-order valence-electron chi connectivity index (χ2n) is 8.33. The quantitative estimate of drug-likeness (QED) is 0.236. The number of amides is 2. The van der Waals surface area contributed by atoms with Gasteiger partial charge < -0.3 is 5.32 Å². The molecule has 1 aliphatic carbocycles. The molecule has 1 atom stereocenters. The van der Waals surface area contributed by atoms with Crippen molar-refractivity contribution in [2.45, 2.75) is 84.5 Å². The van der Waals surface area contributed by atoms with Crippen LogP contribution in [0, 0.1) is 5.92 Å². The molecule has 0 radical (unpaired) electrons. The summed E-state index contributed by atoms with van der Waals surface area (Å²) in [6.07, 6.45) is 11.4. The monoisotopic (exact) mass is 401 g/mol. The van der Waals surface area contributed by atoms with Gasteiger partial charge in [0.15, 0.2) is 0 Å². The maximum atomic E-state index is 12.7. The fraction of sp³-hybridized carbons (Fsp3) is 0.667. The van der Waals surface area contributed by atoms with E-state index >= 15 is 0 Å². The van der Waals surface area contributed by atoms with Gasteiger partial charge in [-0.1, -0.05) is 58.4 Å². The van der Waals surface area contributed by atoms with Crippen LogP contribution in [-0.4, -0.2) is 29.9 Å². The Morgan fingerprint density at radius 3 is 2.48 bits per heavy atom. The van der Waals surface area contributed by atoms with Gasteiger partial charge in [0.2, 0.25) is 5.91 Å². The molecular weight excluding hydrogens is 362 g/mol. The SMILES string of the molecule is CCCCCCNC(=O)c1ccc2c(c1)CCC(C(=O)N(N)CCCCCC)C2. The minimum absolute atomic E-state index is 0.00251. The number of rotatable bonds is 12. The van der Waals surface area contributed by atoms with Crippen LogP contribution in [0.5, 0.6) is 0 Å². The van der Waals surface area contributed by atoms with E-state index in [4.69, 9.17) is 5.84 Å². The molecule has 0 bridgehead atoms. The summed E-state index contributed by atoms with van der Waals surface area (Å²) in [6.45, 7) is 5.73. The van der Waals surface area contributed by atoms with E-state index in [0.717, 1.165) is 57.1 Å². The van der Waals surface area contributed by atoms with Gasteiger partial charge in [-0.05, 0) is 55.4 Å². The third-order valence-corrected chi connectivity index (χ3v) is 5.90. The minimum Gasteiger partial charge on any atom is -0.352 e. The molecule has 0 saturated heterocycles. The van der Waals surface area contributed by atoms with E-state index in [1.54, 1.807) is 0 Å². The standard InChI is InChI=1S/C24H39N3O2/c1-3-5-7-9-15-26-23(28)21-13-11-20-18-22(14-12-19(20)17-21)24(29)27(25)16-10-8-6-4-2/h11,13,17,22H,3-10,12,14-16,18,25H2,1-2H3,(H,26,28). The third-order valence-electron chi connectivity index (χ3n) is 5.90. The van der Waals surface area contributed by atoms with Crippen LogP contribution in [0.2, 0.25) is 0 Å². The van der Waals surface area contributed by atoms with Crippen LogP contribution < -0.4 is 11.2 Å². The summed E-state index contributed by atoms with van der Waals surface area (Å²) in [4.78, 5) is 25.1. The van der Waals surface area contributed by atoms with Gasteiger partial charge in [-0.25, -0.2) is 5.84 Å². The Balaban J connectivity index is 1.84. The molecule has 0 aromatic heterocycles. The maximum absolute atomic E-state index is 12.7. The van der Waals surface area contributed by atoms with E-state index in [1.165, 1.54) is 41.8 Å². The highest BCUT2D eigenvalue weighted by molar-refractivity contribution is 5.94. The highest BCUT2D eigenvalue weighted by atomic mass is 16.2. The Hall–Kier alpha value is -1.88. The number of hydrogen-bond acceptors (Lipinski definition) is 3. The van der Waals surface area contributed by atoms with Gasteiger partial charge in [0.25, 0.3) is 5.91 Å². The van der Waals surface area contributed by atoms with Crippen molar-refractivity contribution in [2.75, 3.05) is 13.1 Å². The molecule has 0 heterocycles. The lowest BCUT2D eigenvalue weighted by Gasteiger charge is -2.28. The molecule has 0 spiro atoms. The largest absolute Gasteiger partial charge is 0.352 e. The third kappa shape index (κ3) is 7.46. The van der Waals surface area contributed by atoms with Crippen LogP contribution in [0.4, 0.5) is 0 Å². The lowest BCUT2D eigenvalue weighted by atomic mass is 9.82. The average molecular weight is 402 g/mol. The minimum atomic E-state index is -0.0445. The second-order valence-corrected chi connectivity index (χ2v) is 8.33. The summed E-state index contributed by atoms with van der Waals surface area (Å²) in [5.41, 5.74) is 3.09. The van der Waals surface area contributed by atoms with Crippen LogP contribution in [0.15, 0.2) is 18.2 Å². The van der Waals surface area contributed by atoms with Crippen molar-refractivity contribution in [3.63, 3.8) is 0 Å². The summed E-state index contributed by atoms with van der Waals surface area (Å²) in [5, 5.41) is 4.44. The van der Waals surface area contributed by atoms with Gasteiger partial charge in [0.1, 0.15) is 0 Å². The van der Waals surface area contributed by atoms with Gasteiger partial charge >= 0.3 is 0 Å². The van der Waals surface area contributed by atoms with Crippen molar-refractivity contribution in [3.8, 4) is 0 Å². The van der Waals surface area contributed by atoms with Crippen LogP contribution in [0.1, 0.15) is 93.1 Å². The van der Waals surface area contributed by atoms with E-state index in [9.17, 15) is 9.59 Å². The van der Waals surface area contributed by atoms with E-state index in [0.29, 0.717) is 6.54 Å². The lowest BCUT2D eigenvalue weighted by Crippen LogP contribution is -2.43. The molecule has 5 nitrogen and oxygen atoms in total. The summed E-state index contributed by atoms with van der Waals surface area (Å²) in [6, 6.07) is 5.91. The summed E-state index contributed by atoms with van der Waals surface area (Å²) < 4.78 is 0. The normalized spacial score (nSPS) is 15.6. The Morgan fingerprint density at radius 1 is 1.03 bits per heavy atom. The number of hydrogen-bond donors (Lipinski definition) is 2. The van der Waals surface area contributed by atoms with Crippen molar-refractivity contribution in [1.82, 2.24) is 10.3 Å². The van der Waals surface area contributed by atoms with Gasteiger partial charge in [-0.3, -0.25) is 14.6 Å². The van der Waals surface area contributed by atoms with E-state index < -0.39 is 0 Å². The van der Waals surface area contributed by atoms with Crippen molar-refractivity contribution in [2.24, 2.45) is 11.8 Å². The molecule has 162 valence electrons. The first-order valence-corrected chi connectivity index (χ1v) is 11.5. The van der Waals surface area contributed by atoms with Gasteiger partial charge in [-0.2, -0.15) is 0 Å². The summed E-state index contributed by atoms with van der Waals surface area (Å²) in [7, 11) is 0.